The molecule has 6 unspecified atom stereocenters. The molecule has 3 amide bonds. The summed E-state index contributed by atoms with van der Waals surface area (Å²) in [6.07, 6.45) is -1.68. The standard InChI is InChI=1S/C65H59N5O12/c1-66(39-43-15-7-4-8-16-43)31-14-17-42-26-29-53-52(35-42)65(63(74)68(53)64(75)81-41-44-24-27-50(28-25-44)70(76)77)56(61(72)67-32-30-47-37-54(78-2)55(79-3)38-49(47)40-67)58-62(73)82-59(46-20-11-6-12-21-46)57(45-18-9-5-10-19-45)69(58)60(65)48-22-13-23-51(36-48)80-34-33-71/h4-13,15-16,18-29,35-38,56-60,71H,30-34,39-41H2,1-3H3. The van der Waals surface area contributed by atoms with Crippen LogP contribution in [0.25, 0.3) is 0 Å². The molecule has 6 atom stereocenters. The van der Waals surface area contributed by atoms with Crippen LogP contribution in [0.15, 0.2) is 170 Å². The molecule has 416 valence electrons. The number of ether oxygens (including phenoxy) is 5. The number of rotatable bonds is 15. The van der Waals surface area contributed by atoms with Gasteiger partial charge in [-0.25, -0.2) is 9.69 Å². The number of aliphatic hydroxyl groups is 1. The van der Waals surface area contributed by atoms with Gasteiger partial charge in [-0.3, -0.25) is 34.3 Å². The molecule has 2 saturated heterocycles. The van der Waals surface area contributed by atoms with Crippen molar-refractivity contribution in [2.45, 2.75) is 55.8 Å². The van der Waals surface area contributed by atoms with E-state index in [1.807, 2.05) is 121 Å². The van der Waals surface area contributed by atoms with Crippen molar-refractivity contribution in [2.24, 2.45) is 5.92 Å². The summed E-state index contributed by atoms with van der Waals surface area (Å²) in [7, 11) is 5.05. The van der Waals surface area contributed by atoms with Gasteiger partial charge in [-0.1, -0.05) is 115 Å². The number of nitro benzene ring substituents is 1. The predicted octanol–water partition coefficient (Wildman–Crippen LogP) is 9.05. The normalized spacial score (nSPS) is 20.7. The van der Waals surface area contributed by atoms with Crippen molar-refractivity contribution in [3.8, 4) is 29.1 Å². The van der Waals surface area contributed by atoms with Crippen LogP contribution in [0.2, 0.25) is 0 Å². The zero-order chi connectivity index (χ0) is 57.1. The van der Waals surface area contributed by atoms with Gasteiger partial charge in [0, 0.05) is 37.3 Å². The van der Waals surface area contributed by atoms with Crippen molar-refractivity contribution in [2.75, 3.05) is 52.5 Å². The molecular formula is C65H59N5O12. The second kappa shape index (κ2) is 23.4. The third-order valence-electron chi connectivity index (χ3n) is 15.9. The lowest BCUT2D eigenvalue weighted by Gasteiger charge is -2.46. The van der Waals surface area contributed by atoms with Crippen molar-refractivity contribution < 1.29 is 52.9 Å². The molecule has 4 aliphatic rings. The number of non-ortho nitro benzene ring substituents is 1. The first kappa shape index (κ1) is 54.6. The Hall–Kier alpha value is -9.34. The van der Waals surface area contributed by atoms with E-state index in [9.17, 15) is 15.2 Å². The first-order valence-corrected chi connectivity index (χ1v) is 27.0. The minimum Gasteiger partial charge on any atom is -0.493 e. The van der Waals surface area contributed by atoms with Gasteiger partial charge >= 0.3 is 12.1 Å². The average Bonchev–Trinajstić information content (AvgIpc) is 1.79. The second-order valence-corrected chi connectivity index (χ2v) is 20.7. The Balaban J connectivity index is 1.15. The fourth-order valence-electron chi connectivity index (χ4n) is 12.3. The first-order chi connectivity index (χ1) is 39.9. The van der Waals surface area contributed by atoms with Gasteiger partial charge in [0.25, 0.3) is 5.69 Å². The number of imide groups is 1. The number of esters is 1. The van der Waals surface area contributed by atoms with Crippen molar-refractivity contribution >= 4 is 35.3 Å². The molecule has 4 heterocycles. The Labute approximate surface area is 474 Å². The van der Waals surface area contributed by atoms with Gasteiger partial charge in [-0.05, 0) is 113 Å². The fraction of sp³-hybridized carbons (Fsp3) is 0.262. The third-order valence-corrected chi connectivity index (χ3v) is 15.9. The maximum absolute atomic E-state index is 17.0. The predicted molar refractivity (Wildman–Crippen MR) is 303 cm³/mol. The number of nitrogens with zero attached hydrogens (tertiary/aromatic N) is 5. The quantitative estimate of drug-likeness (QED) is 0.0443. The van der Waals surface area contributed by atoms with Crippen molar-refractivity contribution in [3.63, 3.8) is 0 Å². The summed E-state index contributed by atoms with van der Waals surface area (Å²) in [6.45, 7) is 0.498. The summed E-state index contributed by atoms with van der Waals surface area (Å²) in [5, 5.41) is 21.5. The van der Waals surface area contributed by atoms with Crippen LogP contribution in [0.5, 0.6) is 17.2 Å². The maximum Gasteiger partial charge on any atom is 0.421 e. The minimum absolute atomic E-state index is 0.0619. The summed E-state index contributed by atoms with van der Waals surface area (Å²) in [4.78, 5) is 82.5. The van der Waals surface area contributed by atoms with Gasteiger partial charge in [0.05, 0.1) is 56.0 Å². The lowest BCUT2D eigenvalue weighted by atomic mass is 9.64. The summed E-state index contributed by atoms with van der Waals surface area (Å²) in [6, 6.07) is 46.5. The van der Waals surface area contributed by atoms with Gasteiger partial charge in [-0.2, -0.15) is 0 Å². The first-order valence-electron chi connectivity index (χ1n) is 27.0. The number of carbonyl (C=O) groups excluding carboxylic acids is 4. The Bertz CT molecular complexity index is 3610. The lowest BCUT2D eigenvalue weighted by Crippen LogP contribution is -2.57. The molecule has 0 aromatic heterocycles. The van der Waals surface area contributed by atoms with Crippen molar-refractivity contribution in [1.82, 2.24) is 14.7 Å². The molecule has 0 aliphatic carbocycles. The number of carbonyl (C=O) groups is 4. The summed E-state index contributed by atoms with van der Waals surface area (Å²) >= 11 is 0. The average molecular weight is 1100 g/mol. The van der Waals surface area contributed by atoms with E-state index in [1.54, 1.807) is 48.4 Å². The monoisotopic (exact) mass is 1100 g/mol. The molecule has 0 bridgehead atoms. The third kappa shape index (κ3) is 10.2. The Kier molecular flexibility index (Phi) is 15.6. The van der Waals surface area contributed by atoms with E-state index in [1.165, 1.54) is 31.4 Å². The van der Waals surface area contributed by atoms with Gasteiger partial charge < -0.3 is 33.7 Å². The highest BCUT2D eigenvalue weighted by Crippen LogP contribution is 2.66. The molecule has 7 aromatic carbocycles. The topological polar surface area (TPSA) is 191 Å². The number of hydrogen-bond donors (Lipinski definition) is 1. The SMILES string of the molecule is COc1cc2c(cc1OC)CN(C(=O)C1C3C(=O)OC(c4ccccc4)C(c4ccccc4)N3C(c3cccc(OCCO)c3)C13C(=O)N(C(=O)OCc1ccc([N+](=O)[O-])cc1)c1ccc(C#CCN(C)Cc4ccccc4)cc13)CC2. The van der Waals surface area contributed by atoms with Gasteiger partial charge in [-0.15, -0.1) is 0 Å². The number of anilines is 1. The van der Waals surface area contributed by atoms with Crippen molar-refractivity contribution in [1.29, 1.82) is 0 Å². The highest BCUT2D eigenvalue weighted by Gasteiger charge is 2.76. The van der Waals surface area contributed by atoms with Crippen LogP contribution in [-0.4, -0.2) is 102 Å². The van der Waals surface area contributed by atoms with E-state index in [4.69, 9.17) is 23.7 Å². The number of morpholine rings is 1. The van der Waals surface area contributed by atoms with Gasteiger partial charge in [0.1, 0.15) is 36.5 Å². The molecule has 1 spiro atoms. The number of aliphatic hydroxyl groups excluding tert-OH is 1. The number of amides is 3. The van der Waals surface area contributed by atoms with E-state index in [-0.39, 0.29) is 49.8 Å². The van der Waals surface area contributed by atoms with E-state index in [2.05, 4.69) is 16.7 Å². The summed E-state index contributed by atoms with van der Waals surface area (Å²) < 4.78 is 30.2. The zero-order valence-corrected chi connectivity index (χ0v) is 45.4. The highest BCUT2D eigenvalue weighted by atomic mass is 16.6. The Morgan fingerprint density at radius 3 is 2.13 bits per heavy atom. The summed E-state index contributed by atoms with van der Waals surface area (Å²) in [5.41, 5.74) is 3.54. The van der Waals surface area contributed by atoms with Crippen LogP contribution in [0.3, 0.4) is 0 Å². The van der Waals surface area contributed by atoms with Gasteiger partial charge in [0.15, 0.2) is 11.5 Å². The second-order valence-electron chi connectivity index (χ2n) is 20.7. The smallest absolute Gasteiger partial charge is 0.421 e. The van der Waals surface area contributed by atoms with E-state index in [0.29, 0.717) is 64.6 Å². The van der Waals surface area contributed by atoms with E-state index >= 15 is 19.2 Å². The van der Waals surface area contributed by atoms with Crippen LogP contribution in [0.4, 0.5) is 16.2 Å². The number of benzene rings is 7. The van der Waals surface area contributed by atoms with Crippen LogP contribution in [0.1, 0.15) is 68.3 Å². The van der Waals surface area contributed by atoms with Crippen LogP contribution < -0.4 is 19.1 Å². The van der Waals surface area contributed by atoms with E-state index in [0.717, 1.165) is 21.6 Å². The molecule has 0 radical (unpaired) electrons. The fourth-order valence-corrected chi connectivity index (χ4v) is 12.3. The zero-order valence-electron chi connectivity index (χ0n) is 45.4. The molecule has 7 aromatic rings. The highest BCUT2D eigenvalue weighted by molar-refractivity contribution is 6.23. The molecule has 82 heavy (non-hydrogen) atoms. The molecule has 11 rings (SSSR count). The number of hydrogen-bond acceptors (Lipinski definition) is 14. The molecule has 2 fully saturated rings. The molecular weight excluding hydrogens is 1040 g/mol. The molecule has 0 saturated carbocycles. The molecule has 4 aliphatic heterocycles. The number of fused-ring (bicyclic) bond motifs is 4. The van der Waals surface area contributed by atoms with Crippen LogP contribution in [-0.2, 0) is 55.4 Å². The number of methoxy groups -OCH3 is 2. The maximum atomic E-state index is 17.0. The minimum atomic E-state index is -2.16. The number of nitro groups is 1. The van der Waals surface area contributed by atoms with E-state index < -0.39 is 64.4 Å². The Morgan fingerprint density at radius 1 is 0.780 bits per heavy atom. The number of cyclic esters (lactones) is 1. The van der Waals surface area contributed by atoms with Gasteiger partial charge in [0.2, 0.25) is 11.8 Å². The van der Waals surface area contributed by atoms with Crippen LogP contribution >= 0.6 is 0 Å². The summed E-state index contributed by atoms with van der Waals surface area (Å²) in [5.74, 6) is 4.20. The molecule has 1 N–H and O–H groups in total. The molecule has 17 heteroatoms. The largest absolute Gasteiger partial charge is 0.493 e. The lowest BCUT2D eigenvalue weighted by molar-refractivity contribution is -0.384. The van der Waals surface area contributed by atoms with Crippen LogP contribution in [0, 0.1) is 27.9 Å². The Morgan fingerprint density at radius 2 is 1.45 bits per heavy atom. The van der Waals surface area contributed by atoms with Crippen molar-refractivity contribution in [3.05, 3.63) is 230 Å². The molecule has 17 nitrogen and oxygen atoms in total.